The number of benzene rings is 1. The van der Waals surface area contributed by atoms with Gasteiger partial charge in [-0.3, -0.25) is 4.79 Å². The van der Waals surface area contributed by atoms with E-state index in [0.29, 0.717) is 13.0 Å². The van der Waals surface area contributed by atoms with Gasteiger partial charge in [-0.2, -0.15) is 0 Å². The lowest BCUT2D eigenvalue weighted by atomic mass is 9.85. The summed E-state index contributed by atoms with van der Waals surface area (Å²) in [6.45, 7) is 4.60. The molecule has 0 N–H and O–H groups in total. The predicted molar refractivity (Wildman–Crippen MR) is 118 cm³/mol. The monoisotopic (exact) mass is 409 g/mol. The summed E-state index contributed by atoms with van der Waals surface area (Å²) in [6, 6.07) is 8.60. The minimum Gasteiger partial charge on any atom is -0.469 e. The van der Waals surface area contributed by atoms with Gasteiger partial charge in [0.05, 0.1) is 13.0 Å². The van der Waals surface area contributed by atoms with Gasteiger partial charge >= 0.3 is 5.97 Å². The van der Waals surface area contributed by atoms with Crippen LogP contribution in [0, 0.1) is 13.8 Å². The maximum Gasteiger partial charge on any atom is 0.313 e. The molecule has 1 aliphatic carbocycles. The SMILES string of the molecule is COCCC(C(=O)OC)c1c(C)nc2sc3c(c2c1-c1ccc(C)cc1)CCC3. The molecule has 29 heavy (non-hydrogen) atoms. The smallest absolute Gasteiger partial charge is 0.313 e. The predicted octanol–water partition coefficient (Wildman–Crippen LogP) is 5.36. The number of fused-ring (bicyclic) bond motifs is 3. The average Bonchev–Trinajstić information content (AvgIpc) is 3.29. The van der Waals surface area contributed by atoms with Gasteiger partial charge in [-0.1, -0.05) is 29.8 Å². The van der Waals surface area contributed by atoms with E-state index in [-0.39, 0.29) is 5.97 Å². The first-order chi connectivity index (χ1) is 14.0. The van der Waals surface area contributed by atoms with Crippen LogP contribution in [0.25, 0.3) is 21.3 Å². The molecule has 0 saturated carbocycles. The second kappa shape index (κ2) is 8.25. The number of nitrogens with zero attached hydrogens (tertiary/aromatic N) is 1. The number of methoxy groups -OCH3 is 2. The van der Waals surface area contributed by atoms with Crippen LogP contribution in [0.4, 0.5) is 0 Å². The maximum absolute atomic E-state index is 12.8. The Kier molecular flexibility index (Phi) is 5.70. The highest BCUT2D eigenvalue weighted by Gasteiger charge is 2.31. The number of ether oxygens (including phenoxy) is 2. The van der Waals surface area contributed by atoms with Crippen LogP contribution >= 0.6 is 11.3 Å². The van der Waals surface area contributed by atoms with E-state index in [1.54, 1.807) is 7.11 Å². The van der Waals surface area contributed by atoms with Gasteiger partial charge in [0.25, 0.3) is 0 Å². The molecule has 0 aliphatic heterocycles. The first-order valence-corrected chi connectivity index (χ1v) is 10.9. The number of aryl methyl sites for hydroxylation is 4. The zero-order valence-electron chi connectivity index (χ0n) is 17.5. The molecular formula is C24H27NO3S. The Bertz CT molecular complexity index is 1050. The highest BCUT2D eigenvalue weighted by molar-refractivity contribution is 7.19. The van der Waals surface area contributed by atoms with E-state index in [9.17, 15) is 4.79 Å². The summed E-state index contributed by atoms with van der Waals surface area (Å²) >= 11 is 1.81. The third kappa shape index (κ3) is 3.58. The van der Waals surface area contributed by atoms with Crippen molar-refractivity contribution in [1.29, 1.82) is 0 Å². The number of aromatic nitrogens is 1. The van der Waals surface area contributed by atoms with Gasteiger partial charge in [-0.15, -0.1) is 11.3 Å². The highest BCUT2D eigenvalue weighted by atomic mass is 32.1. The van der Waals surface area contributed by atoms with Crippen molar-refractivity contribution < 1.29 is 14.3 Å². The molecule has 0 fully saturated rings. The van der Waals surface area contributed by atoms with Crippen molar-refractivity contribution in [2.45, 2.75) is 45.4 Å². The van der Waals surface area contributed by atoms with Crippen LogP contribution in [-0.2, 0) is 27.1 Å². The molecular weight excluding hydrogens is 382 g/mol. The van der Waals surface area contributed by atoms with E-state index < -0.39 is 5.92 Å². The summed E-state index contributed by atoms with van der Waals surface area (Å²) in [5.74, 6) is -0.628. The fourth-order valence-electron chi connectivity index (χ4n) is 4.46. The molecule has 2 heterocycles. The summed E-state index contributed by atoms with van der Waals surface area (Å²) in [4.78, 5) is 20.3. The van der Waals surface area contributed by atoms with Gasteiger partial charge in [-0.25, -0.2) is 4.98 Å². The lowest BCUT2D eigenvalue weighted by Crippen LogP contribution is -2.19. The van der Waals surface area contributed by atoms with E-state index >= 15 is 0 Å². The Morgan fingerprint density at radius 3 is 2.62 bits per heavy atom. The number of carbonyl (C=O) groups excluding carboxylic acids is 1. The molecule has 3 aromatic rings. The molecule has 0 amide bonds. The second-order valence-electron chi connectivity index (χ2n) is 7.75. The lowest BCUT2D eigenvalue weighted by molar-refractivity contribution is -0.142. The largest absolute Gasteiger partial charge is 0.469 e. The first-order valence-electron chi connectivity index (χ1n) is 10.1. The van der Waals surface area contributed by atoms with Crippen molar-refractivity contribution in [2.24, 2.45) is 0 Å². The van der Waals surface area contributed by atoms with Crippen LogP contribution in [0.1, 0.15) is 46.0 Å². The average molecular weight is 410 g/mol. The van der Waals surface area contributed by atoms with Crippen molar-refractivity contribution in [3.8, 4) is 11.1 Å². The molecule has 4 rings (SSSR count). The molecule has 0 saturated heterocycles. The molecule has 4 nitrogen and oxygen atoms in total. The normalized spacial score (nSPS) is 14.2. The van der Waals surface area contributed by atoms with Crippen molar-refractivity contribution in [1.82, 2.24) is 4.98 Å². The van der Waals surface area contributed by atoms with Crippen LogP contribution in [0.5, 0.6) is 0 Å². The van der Waals surface area contributed by atoms with Crippen molar-refractivity contribution in [2.75, 3.05) is 20.8 Å². The summed E-state index contributed by atoms with van der Waals surface area (Å²) in [5, 5.41) is 1.23. The van der Waals surface area contributed by atoms with Gasteiger partial charge in [0, 0.05) is 29.7 Å². The van der Waals surface area contributed by atoms with E-state index in [2.05, 4.69) is 31.2 Å². The minimum absolute atomic E-state index is 0.230. The quantitative estimate of drug-likeness (QED) is 0.514. The lowest BCUT2D eigenvalue weighted by Gasteiger charge is -2.22. The van der Waals surface area contributed by atoms with Crippen LogP contribution in [0.3, 0.4) is 0 Å². The van der Waals surface area contributed by atoms with Crippen molar-refractivity contribution in [3.63, 3.8) is 0 Å². The summed E-state index contributed by atoms with van der Waals surface area (Å²) in [7, 11) is 3.12. The Morgan fingerprint density at radius 2 is 1.93 bits per heavy atom. The molecule has 0 spiro atoms. The molecule has 1 unspecified atom stereocenters. The number of thiophene rings is 1. The van der Waals surface area contributed by atoms with Crippen LogP contribution < -0.4 is 0 Å². The van der Waals surface area contributed by atoms with E-state index in [0.717, 1.165) is 40.1 Å². The molecule has 2 aromatic heterocycles. The summed E-state index contributed by atoms with van der Waals surface area (Å²) in [5.41, 5.74) is 6.82. The van der Waals surface area contributed by atoms with Crippen LogP contribution in [0.15, 0.2) is 24.3 Å². The number of esters is 1. The van der Waals surface area contributed by atoms with Gasteiger partial charge in [0.1, 0.15) is 4.83 Å². The Morgan fingerprint density at radius 1 is 1.17 bits per heavy atom. The van der Waals surface area contributed by atoms with E-state index in [4.69, 9.17) is 14.5 Å². The molecule has 5 heteroatoms. The number of hydrogen-bond acceptors (Lipinski definition) is 5. The fourth-order valence-corrected chi connectivity index (χ4v) is 5.78. The van der Waals surface area contributed by atoms with Gasteiger partial charge < -0.3 is 9.47 Å². The second-order valence-corrected chi connectivity index (χ2v) is 8.83. The van der Waals surface area contributed by atoms with Gasteiger partial charge in [-0.05, 0) is 61.8 Å². The van der Waals surface area contributed by atoms with Crippen LogP contribution in [0.2, 0.25) is 0 Å². The molecule has 0 radical (unpaired) electrons. The number of carbonyl (C=O) groups is 1. The third-order valence-electron chi connectivity index (χ3n) is 5.87. The minimum atomic E-state index is -0.398. The van der Waals surface area contributed by atoms with E-state index in [1.807, 2.05) is 18.3 Å². The number of rotatable bonds is 6. The third-order valence-corrected chi connectivity index (χ3v) is 7.05. The fraction of sp³-hybridized carbons (Fsp3) is 0.417. The summed E-state index contributed by atoms with van der Waals surface area (Å²) in [6.07, 6.45) is 3.97. The maximum atomic E-state index is 12.8. The van der Waals surface area contributed by atoms with Crippen molar-refractivity contribution >= 4 is 27.5 Å². The number of pyridine rings is 1. The zero-order chi connectivity index (χ0) is 20.5. The zero-order valence-corrected chi connectivity index (χ0v) is 18.3. The topological polar surface area (TPSA) is 48.4 Å². The first kappa shape index (κ1) is 20.0. The Labute approximate surface area is 175 Å². The van der Waals surface area contributed by atoms with Crippen molar-refractivity contribution in [3.05, 3.63) is 51.5 Å². The molecule has 1 aliphatic rings. The molecule has 1 atom stereocenters. The van der Waals surface area contributed by atoms with E-state index in [1.165, 1.54) is 34.9 Å². The Hall–Kier alpha value is -2.24. The standard InChI is InChI=1S/C24H27NO3S/c1-14-8-10-16(11-9-14)21-20(18(12-13-27-3)24(26)28-4)15(2)25-23-22(21)17-6-5-7-19(17)29-23/h8-11,18H,5-7,12-13H2,1-4H3. The molecule has 1 aromatic carbocycles. The summed E-state index contributed by atoms with van der Waals surface area (Å²) < 4.78 is 10.5. The molecule has 152 valence electrons. The Balaban J connectivity index is 2.04. The van der Waals surface area contributed by atoms with Crippen LogP contribution in [-0.4, -0.2) is 31.8 Å². The van der Waals surface area contributed by atoms with Gasteiger partial charge in [0.2, 0.25) is 0 Å². The molecule has 0 bridgehead atoms. The number of hydrogen-bond donors (Lipinski definition) is 0. The highest BCUT2D eigenvalue weighted by Crippen LogP contribution is 2.46. The van der Waals surface area contributed by atoms with Gasteiger partial charge in [0.15, 0.2) is 0 Å².